The van der Waals surface area contributed by atoms with E-state index in [2.05, 4.69) is 29.1 Å². The third kappa shape index (κ3) is 5.76. The Morgan fingerprint density at radius 1 is 1.36 bits per heavy atom. The number of nitrogens with two attached hydrogens (primary N) is 1. The van der Waals surface area contributed by atoms with Crippen LogP contribution in [0.4, 0.5) is 5.82 Å². The highest BCUT2D eigenvalue weighted by Crippen LogP contribution is 2.22. The molecule has 1 amide bonds. The monoisotopic (exact) mass is 355 g/mol. The molecule has 6 nitrogen and oxygen atoms in total. The number of nitriles is 1. The molecular formula is C18H21N5OS. The molecule has 2 rings (SSSR count). The zero-order valence-corrected chi connectivity index (χ0v) is 15.1. The number of nitrogens with one attached hydrogen (secondary N) is 1. The van der Waals surface area contributed by atoms with Crippen molar-refractivity contribution in [1.29, 1.82) is 5.26 Å². The second-order valence-electron chi connectivity index (χ2n) is 6.01. The van der Waals surface area contributed by atoms with Gasteiger partial charge in [0.2, 0.25) is 5.91 Å². The number of nitrogens with zero attached hydrogens (tertiary/aromatic N) is 3. The van der Waals surface area contributed by atoms with Crippen molar-refractivity contribution in [3.05, 3.63) is 47.7 Å². The smallest absolute Gasteiger partial charge is 0.230 e. The van der Waals surface area contributed by atoms with Gasteiger partial charge in [0.15, 0.2) is 5.16 Å². The lowest BCUT2D eigenvalue weighted by Crippen LogP contribution is -2.30. The van der Waals surface area contributed by atoms with E-state index in [1.165, 1.54) is 18.0 Å². The third-order valence-electron chi connectivity index (χ3n) is 3.49. The van der Waals surface area contributed by atoms with Crippen molar-refractivity contribution >= 4 is 23.5 Å². The minimum atomic E-state index is -0.0916. The maximum absolute atomic E-state index is 12.3. The van der Waals surface area contributed by atoms with Crippen molar-refractivity contribution in [2.45, 2.75) is 31.5 Å². The lowest BCUT2D eigenvalue weighted by Gasteiger charge is -2.21. The molecule has 1 aromatic heterocycles. The minimum absolute atomic E-state index is 0.0266. The highest BCUT2D eigenvalue weighted by molar-refractivity contribution is 7.99. The van der Waals surface area contributed by atoms with Gasteiger partial charge in [-0.15, -0.1) is 0 Å². The predicted octanol–water partition coefficient (Wildman–Crippen LogP) is 2.93. The van der Waals surface area contributed by atoms with Crippen LogP contribution in [0, 0.1) is 17.2 Å². The molecule has 0 aliphatic rings. The first kappa shape index (κ1) is 18.7. The molecule has 0 saturated heterocycles. The summed E-state index contributed by atoms with van der Waals surface area (Å²) in [6.45, 7) is 4.26. The molecule has 0 unspecified atom stereocenters. The van der Waals surface area contributed by atoms with Gasteiger partial charge < -0.3 is 11.1 Å². The summed E-state index contributed by atoms with van der Waals surface area (Å²) in [5, 5.41) is 12.3. The SMILES string of the molecule is CC(C)C[C@@H](NC(=O)CSc1ncc(C#N)c(N)n1)c1ccccc1. The molecule has 0 saturated carbocycles. The normalized spacial score (nSPS) is 11.8. The number of nitrogen functional groups attached to an aromatic ring is 1. The lowest BCUT2D eigenvalue weighted by atomic mass is 9.97. The number of thioether (sulfide) groups is 1. The second kappa shape index (κ2) is 9.04. The average Bonchev–Trinajstić information content (AvgIpc) is 2.60. The highest BCUT2D eigenvalue weighted by atomic mass is 32.2. The Kier molecular flexibility index (Phi) is 6.78. The number of carbonyl (C=O) groups excluding carboxylic acids is 1. The van der Waals surface area contributed by atoms with Crippen LogP contribution >= 0.6 is 11.8 Å². The molecule has 25 heavy (non-hydrogen) atoms. The fraction of sp³-hybridized carbons (Fsp3) is 0.333. The van der Waals surface area contributed by atoms with Crippen molar-refractivity contribution in [3.63, 3.8) is 0 Å². The van der Waals surface area contributed by atoms with E-state index >= 15 is 0 Å². The summed E-state index contributed by atoms with van der Waals surface area (Å²) in [4.78, 5) is 20.4. The molecule has 2 aromatic rings. The van der Waals surface area contributed by atoms with Crippen LogP contribution in [-0.2, 0) is 4.79 Å². The van der Waals surface area contributed by atoms with Crippen LogP contribution in [0.2, 0.25) is 0 Å². The molecule has 0 fully saturated rings. The quantitative estimate of drug-likeness (QED) is 0.584. The Labute approximate surface area is 151 Å². The van der Waals surface area contributed by atoms with Gasteiger partial charge >= 0.3 is 0 Å². The summed E-state index contributed by atoms with van der Waals surface area (Å²) in [5.41, 5.74) is 6.98. The van der Waals surface area contributed by atoms with Crippen molar-refractivity contribution in [2.75, 3.05) is 11.5 Å². The van der Waals surface area contributed by atoms with E-state index in [1.54, 1.807) is 0 Å². The van der Waals surface area contributed by atoms with Gasteiger partial charge in [0, 0.05) is 0 Å². The Balaban J connectivity index is 1.97. The fourth-order valence-corrected chi connectivity index (χ4v) is 2.97. The van der Waals surface area contributed by atoms with E-state index < -0.39 is 0 Å². The summed E-state index contributed by atoms with van der Waals surface area (Å²) >= 11 is 1.19. The van der Waals surface area contributed by atoms with Crippen LogP contribution in [0.3, 0.4) is 0 Å². The summed E-state index contributed by atoms with van der Waals surface area (Å²) in [6.07, 6.45) is 2.23. The van der Waals surface area contributed by atoms with Crippen LogP contribution in [0.25, 0.3) is 0 Å². The molecule has 7 heteroatoms. The van der Waals surface area contributed by atoms with Crippen LogP contribution in [0.5, 0.6) is 0 Å². The second-order valence-corrected chi connectivity index (χ2v) is 6.95. The zero-order chi connectivity index (χ0) is 18.2. The van der Waals surface area contributed by atoms with Crippen LogP contribution < -0.4 is 11.1 Å². The Bertz CT molecular complexity index is 758. The number of aromatic nitrogens is 2. The molecule has 3 N–H and O–H groups in total. The molecule has 0 aliphatic heterocycles. The van der Waals surface area contributed by atoms with Crippen molar-refractivity contribution in [2.24, 2.45) is 5.92 Å². The van der Waals surface area contributed by atoms with Crippen molar-refractivity contribution in [3.8, 4) is 6.07 Å². The lowest BCUT2D eigenvalue weighted by molar-refractivity contribution is -0.119. The summed E-state index contributed by atoms with van der Waals surface area (Å²) in [7, 11) is 0. The maximum Gasteiger partial charge on any atom is 0.230 e. The van der Waals surface area contributed by atoms with Crippen molar-refractivity contribution in [1.82, 2.24) is 15.3 Å². The first-order valence-corrected chi connectivity index (χ1v) is 8.98. The number of rotatable bonds is 7. The molecule has 0 bridgehead atoms. The predicted molar refractivity (Wildman–Crippen MR) is 98.7 cm³/mol. The fourth-order valence-electron chi connectivity index (χ4n) is 2.33. The molecule has 0 radical (unpaired) electrons. The number of benzene rings is 1. The minimum Gasteiger partial charge on any atom is -0.382 e. The van der Waals surface area contributed by atoms with E-state index in [0.717, 1.165) is 12.0 Å². The average molecular weight is 355 g/mol. The molecule has 0 spiro atoms. The van der Waals surface area contributed by atoms with Crippen LogP contribution in [-0.4, -0.2) is 21.6 Å². The number of carbonyl (C=O) groups is 1. The molecule has 1 atom stereocenters. The molecule has 0 aliphatic carbocycles. The van der Waals surface area contributed by atoms with Gasteiger partial charge in [-0.3, -0.25) is 4.79 Å². The summed E-state index contributed by atoms with van der Waals surface area (Å²) in [6, 6.07) is 11.8. The summed E-state index contributed by atoms with van der Waals surface area (Å²) in [5.74, 6) is 0.681. The zero-order valence-electron chi connectivity index (χ0n) is 14.3. The summed E-state index contributed by atoms with van der Waals surface area (Å²) < 4.78 is 0. The van der Waals surface area contributed by atoms with Crippen LogP contribution in [0.15, 0.2) is 41.7 Å². The van der Waals surface area contributed by atoms with Crippen molar-refractivity contribution < 1.29 is 4.79 Å². The first-order chi connectivity index (χ1) is 12.0. The number of hydrogen-bond donors (Lipinski definition) is 2. The molecule has 1 aromatic carbocycles. The Morgan fingerprint density at radius 2 is 2.08 bits per heavy atom. The number of anilines is 1. The number of hydrogen-bond acceptors (Lipinski definition) is 6. The molecular weight excluding hydrogens is 334 g/mol. The van der Waals surface area contributed by atoms with Crippen LogP contribution in [0.1, 0.15) is 37.4 Å². The maximum atomic E-state index is 12.3. The van der Waals surface area contributed by atoms with E-state index in [-0.39, 0.29) is 29.1 Å². The largest absolute Gasteiger partial charge is 0.382 e. The van der Waals surface area contributed by atoms with E-state index in [0.29, 0.717) is 11.1 Å². The van der Waals surface area contributed by atoms with Gasteiger partial charge in [-0.25, -0.2) is 9.97 Å². The molecule has 1 heterocycles. The van der Waals surface area contributed by atoms with E-state index in [4.69, 9.17) is 11.0 Å². The third-order valence-corrected chi connectivity index (χ3v) is 4.35. The van der Waals surface area contributed by atoms with E-state index in [9.17, 15) is 4.79 Å². The van der Waals surface area contributed by atoms with Gasteiger partial charge in [-0.05, 0) is 17.9 Å². The number of amides is 1. The van der Waals surface area contributed by atoms with E-state index in [1.807, 2.05) is 36.4 Å². The van der Waals surface area contributed by atoms with Gasteiger partial charge in [-0.2, -0.15) is 5.26 Å². The van der Waals surface area contributed by atoms with Gasteiger partial charge in [0.05, 0.1) is 18.0 Å². The van der Waals surface area contributed by atoms with Gasteiger partial charge in [-0.1, -0.05) is 55.9 Å². The highest BCUT2D eigenvalue weighted by Gasteiger charge is 2.16. The molecule has 130 valence electrons. The topological polar surface area (TPSA) is 105 Å². The Morgan fingerprint density at radius 3 is 2.68 bits per heavy atom. The standard InChI is InChI=1S/C18H21N5OS/c1-12(2)8-15(13-6-4-3-5-7-13)22-16(24)11-25-18-21-10-14(9-19)17(20)23-18/h3-7,10,12,15H,8,11H2,1-2H3,(H,22,24)(H2,20,21,23)/t15-/m1/s1. The first-order valence-electron chi connectivity index (χ1n) is 7.99. The van der Waals surface area contributed by atoms with Gasteiger partial charge in [0.25, 0.3) is 0 Å². The van der Waals surface area contributed by atoms with Gasteiger partial charge in [0.1, 0.15) is 17.5 Å². The Hall–Kier alpha value is -2.59.